The minimum absolute atomic E-state index is 0.0314. The van der Waals surface area contributed by atoms with Crippen LogP contribution in [0.1, 0.15) is 28.9 Å². The Morgan fingerprint density at radius 3 is 2.62 bits per heavy atom. The quantitative estimate of drug-likeness (QED) is 0.868. The van der Waals surface area contributed by atoms with Gasteiger partial charge in [0.2, 0.25) is 0 Å². The van der Waals surface area contributed by atoms with Crippen LogP contribution in [0.15, 0.2) is 42.5 Å². The molecule has 0 heterocycles. The summed E-state index contributed by atoms with van der Waals surface area (Å²) in [5, 5.41) is 7.22. The first-order valence-electron chi connectivity index (χ1n) is 6.55. The maximum atomic E-state index is 11.6. The summed E-state index contributed by atoms with van der Waals surface area (Å²) >= 11 is 12.2. The van der Waals surface area contributed by atoms with Crippen LogP contribution >= 0.6 is 23.2 Å². The molecule has 2 aromatic rings. The predicted octanol–water partition coefficient (Wildman–Crippen LogP) is 4.53. The number of carbonyl (C=O) groups is 1. The SMILES string of the molecule is CNC(=O)c1cccc(NC(C)c2cc(Cl)ccc2Cl)c1. The van der Waals surface area contributed by atoms with Crippen LogP contribution in [0.4, 0.5) is 5.69 Å². The molecule has 1 atom stereocenters. The molecule has 1 unspecified atom stereocenters. The van der Waals surface area contributed by atoms with E-state index < -0.39 is 0 Å². The molecule has 0 bridgehead atoms. The van der Waals surface area contributed by atoms with Crippen molar-refractivity contribution >= 4 is 34.8 Å². The summed E-state index contributed by atoms with van der Waals surface area (Å²) in [5.41, 5.74) is 2.36. The lowest BCUT2D eigenvalue weighted by atomic mass is 10.1. The van der Waals surface area contributed by atoms with Gasteiger partial charge >= 0.3 is 0 Å². The molecule has 0 saturated heterocycles. The number of nitrogens with one attached hydrogen (secondary N) is 2. The van der Waals surface area contributed by atoms with Crippen molar-refractivity contribution < 1.29 is 4.79 Å². The number of rotatable bonds is 4. The highest BCUT2D eigenvalue weighted by molar-refractivity contribution is 6.33. The van der Waals surface area contributed by atoms with Gasteiger partial charge in [-0.25, -0.2) is 0 Å². The zero-order valence-corrected chi connectivity index (χ0v) is 13.3. The Labute approximate surface area is 134 Å². The average Bonchev–Trinajstić information content (AvgIpc) is 2.49. The van der Waals surface area contributed by atoms with E-state index in [9.17, 15) is 4.79 Å². The summed E-state index contributed by atoms with van der Waals surface area (Å²) < 4.78 is 0. The van der Waals surface area contributed by atoms with Gasteiger partial charge in [-0.2, -0.15) is 0 Å². The second kappa shape index (κ2) is 6.83. The molecule has 2 N–H and O–H groups in total. The standard InChI is InChI=1S/C16H16Cl2N2O/c1-10(14-9-12(17)6-7-15(14)18)20-13-5-3-4-11(8-13)16(21)19-2/h3-10,20H,1-2H3,(H,19,21). The second-order valence-corrected chi connectivity index (χ2v) is 5.54. The first-order chi connectivity index (χ1) is 10.0. The summed E-state index contributed by atoms with van der Waals surface area (Å²) in [5.74, 6) is -0.118. The molecule has 0 aliphatic heterocycles. The number of anilines is 1. The van der Waals surface area contributed by atoms with Crippen LogP contribution in [0.25, 0.3) is 0 Å². The fraction of sp³-hybridized carbons (Fsp3) is 0.188. The fourth-order valence-corrected chi connectivity index (χ4v) is 2.53. The maximum absolute atomic E-state index is 11.6. The lowest BCUT2D eigenvalue weighted by Gasteiger charge is -2.18. The summed E-state index contributed by atoms with van der Waals surface area (Å²) in [6, 6.07) is 12.6. The Bertz CT molecular complexity index is 658. The molecule has 0 radical (unpaired) electrons. The summed E-state index contributed by atoms with van der Waals surface area (Å²) in [7, 11) is 1.61. The maximum Gasteiger partial charge on any atom is 0.251 e. The van der Waals surface area contributed by atoms with E-state index in [2.05, 4.69) is 10.6 Å². The largest absolute Gasteiger partial charge is 0.378 e. The summed E-state index contributed by atoms with van der Waals surface area (Å²) in [6.07, 6.45) is 0. The minimum atomic E-state index is -0.118. The second-order valence-electron chi connectivity index (χ2n) is 4.69. The van der Waals surface area contributed by atoms with E-state index in [1.165, 1.54) is 0 Å². The molecule has 0 saturated carbocycles. The molecule has 2 aromatic carbocycles. The molecular weight excluding hydrogens is 307 g/mol. The van der Waals surface area contributed by atoms with E-state index in [4.69, 9.17) is 23.2 Å². The van der Waals surface area contributed by atoms with Gasteiger partial charge in [0.15, 0.2) is 0 Å². The Morgan fingerprint density at radius 1 is 1.14 bits per heavy atom. The van der Waals surface area contributed by atoms with Gasteiger partial charge < -0.3 is 10.6 Å². The first kappa shape index (κ1) is 15.7. The molecular formula is C16H16Cl2N2O. The third-order valence-electron chi connectivity index (χ3n) is 3.16. The monoisotopic (exact) mass is 322 g/mol. The van der Waals surface area contributed by atoms with Crippen molar-refractivity contribution in [1.82, 2.24) is 5.32 Å². The van der Waals surface area contributed by atoms with Crippen LogP contribution in [-0.4, -0.2) is 13.0 Å². The fourth-order valence-electron chi connectivity index (χ4n) is 2.07. The van der Waals surface area contributed by atoms with Crippen LogP contribution in [0.3, 0.4) is 0 Å². The summed E-state index contributed by atoms with van der Waals surface area (Å²) in [6.45, 7) is 1.99. The number of hydrogen-bond acceptors (Lipinski definition) is 2. The van der Waals surface area contributed by atoms with Crippen molar-refractivity contribution in [1.29, 1.82) is 0 Å². The molecule has 1 amide bonds. The molecule has 5 heteroatoms. The van der Waals surface area contributed by atoms with Crippen molar-refractivity contribution in [3.63, 3.8) is 0 Å². The van der Waals surface area contributed by atoms with Gasteiger partial charge in [0, 0.05) is 28.3 Å². The molecule has 110 valence electrons. The minimum Gasteiger partial charge on any atom is -0.378 e. The highest BCUT2D eigenvalue weighted by Crippen LogP contribution is 2.28. The molecule has 2 rings (SSSR count). The molecule has 0 aliphatic rings. The van der Waals surface area contributed by atoms with E-state index in [0.29, 0.717) is 15.6 Å². The molecule has 0 fully saturated rings. The van der Waals surface area contributed by atoms with Crippen molar-refractivity contribution in [2.75, 3.05) is 12.4 Å². The highest BCUT2D eigenvalue weighted by Gasteiger charge is 2.11. The number of amides is 1. The Hall–Kier alpha value is -1.71. The third-order valence-corrected chi connectivity index (χ3v) is 3.74. The van der Waals surface area contributed by atoms with Crippen molar-refractivity contribution in [2.45, 2.75) is 13.0 Å². The Balaban J connectivity index is 2.21. The van der Waals surface area contributed by atoms with E-state index in [-0.39, 0.29) is 11.9 Å². The van der Waals surface area contributed by atoms with Crippen LogP contribution < -0.4 is 10.6 Å². The van der Waals surface area contributed by atoms with Gasteiger partial charge in [0.25, 0.3) is 5.91 Å². The van der Waals surface area contributed by atoms with Gasteiger partial charge in [-0.05, 0) is 48.9 Å². The number of carbonyl (C=O) groups excluding carboxylic acids is 1. The van der Waals surface area contributed by atoms with Gasteiger partial charge in [-0.3, -0.25) is 4.79 Å². The van der Waals surface area contributed by atoms with Crippen LogP contribution in [0.5, 0.6) is 0 Å². The average molecular weight is 323 g/mol. The van der Waals surface area contributed by atoms with Gasteiger partial charge in [0.1, 0.15) is 0 Å². The van der Waals surface area contributed by atoms with Crippen molar-refractivity contribution in [2.24, 2.45) is 0 Å². The predicted molar refractivity (Wildman–Crippen MR) is 88.3 cm³/mol. The van der Waals surface area contributed by atoms with Crippen LogP contribution in [0.2, 0.25) is 10.0 Å². The van der Waals surface area contributed by atoms with Gasteiger partial charge in [0.05, 0.1) is 6.04 Å². The topological polar surface area (TPSA) is 41.1 Å². The number of hydrogen-bond donors (Lipinski definition) is 2. The van der Waals surface area contributed by atoms with Crippen molar-refractivity contribution in [3.8, 4) is 0 Å². The zero-order valence-electron chi connectivity index (χ0n) is 11.8. The van der Waals surface area contributed by atoms with Crippen LogP contribution in [0, 0.1) is 0 Å². The zero-order chi connectivity index (χ0) is 15.4. The molecule has 0 aliphatic carbocycles. The van der Waals surface area contributed by atoms with E-state index in [0.717, 1.165) is 11.3 Å². The first-order valence-corrected chi connectivity index (χ1v) is 7.30. The molecule has 21 heavy (non-hydrogen) atoms. The molecule has 3 nitrogen and oxygen atoms in total. The van der Waals surface area contributed by atoms with Crippen molar-refractivity contribution in [3.05, 3.63) is 63.6 Å². The lowest BCUT2D eigenvalue weighted by molar-refractivity contribution is 0.0963. The molecule has 0 spiro atoms. The Kier molecular flexibility index (Phi) is 5.10. The smallest absolute Gasteiger partial charge is 0.251 e. The van der Waals surface area contributed by atoms with E-state index in [1.54, 1.807) is 31.3 Å². The van der Waals surface area contributed by atoms with E-state index in [1.807, 2.05) is 25.1 Å². The van der Waals surface area contributed by atoms with Gasteiger partial charge in [-0.15, -0.1) is 0 Å². The summed E-state index contributed by atoms with van der Waals surface area (Å²) in [4.78, 5) is 11.6. The van der Waals surface area contributed by atoms with E-state index >= 15 is 0 Å². The number of benzene rings is 2. The highest BCUT2D eigenvalue weighted by atomic mass is 35.5. The van der Waals surface area contributed by atoms with Crippen LogP contribution in [-0.2, 0) is 0 Å². The number of halogens is 2. The normalized spacial score (nSPS) is 11.8. The lowest BCUT2D eigenvalue weighted by Crippen LogP contribution is -2.18. The molecule has 0 aromatic heterocycles. The third kappa shape index (κ3) is 3.90. The van der Waals surface area contributed by atoms with Gasteiger partial charge in [-0.1, -0.05) is 29.3 Å². The Morgan fingerprint density at radius 2 is 1.90 bits per heavy atom.